The molecule has 0 saturated carbocycles. The molecule has 0 atom stereocenters. The van der Waals surface area contributed by atoms with Gasteiger partial charge in [0.15, 0.2) is 0 Å². The van der Waals surface area contributed by atoms with Crippen molar-refractivity contribution in [2.24, 2.45) is 0 Å². The molecular weight excluding hydrogens is 228 g/mol. The molecule has 0 spiro atoms. The first kappa shape index (κ1) is 8.63. The maximum Gasteiger partial charge on any atom is 0.0691 e. The Morgan fingerprint density at radius 2 is 2.23 bits per heavy atom. The number of rotatable bonds is 1. The summed E-state index contributed by atoms with van der Waals surface area (Å²) in [6, 6.07) is 4.01. The van der Waals surface area contributed by atoms with Crippen LogP contribution in [0.4, 0.5) is 5.69 Å². The molecule has 2 rings (SSSR count). The fourth-order valence-electron chi connectivity index (χ4n) is 1.57. The molecule has 0 amide bonds. The van der Waals surface area contributed by atoms with Gasteiger partial charge >= 0.3 is 0 Å². The smallest absolute Gasteiger partial charge is 0.0691 e. The number of aryl methyl sites for hydroxylation is 1. The molecule has 0 aliphatic rings. The van der Waals surface area contributed by atoms with E-state index in [4.69, 9.17) is 5.73 Å². The predicted molar refractivity (Wildman–Crippen MR) is 59.8 cm³/mol. The second-order valence-electron chi connectivity index (χ2n) is 3.09. The van der Waals surface area contributed by atoms with Crippen LogP contribution in [0.2, 0.25) is 0 Å². The zero-order valence-corrected chi connectivity index (χ0v) is 8.98. The lowest BCUT2D eigenvalue weighted by Gasteiger charge is -1.99. The largest absolute Gasteiger partial charge is 0.397 e. The third-order valence-corrected chi connectivity index (χ3v) is 2.71. The number of benzene rings is 1. The number of H-pyrrole nitrogens is 1. The van der Waals surface area contributed by atoms with E-state index in [1.54, 1.807) is 0 Å². The molecule has 0 radical (unpaired) electrons. The van der Waals surface area contributed by atoms with Crippen LogP contribution in [0.3, 0.4) is 0 Å². The van der Waals surface area contributed by atoms with Crippen molar-refractivity contribution in [3.05, 3.63) is 28.4 Å². The minimum absolute atomic E-state index is 0.795. The molecule has 1 heterocycles. The molecule has 3 N–H and O–H groups in total. The second kappa shape index (κ2) is 3.07. The van der Waals surface area contributed by atoms with E-state index in [0.717, 1.165) is 22.1 Å². The average Bonchev–Trinajstić information content (AvgIpc) is 2.47. The molecule has 0 aliphatic heterocycles. The summed E-state index contributed by atoms with van der Waals surface area (Å²) in [7, 11) is 0. The highest BCUT2D eigenvalue weighted by Crippen LogP contribution is 2.28. The monoisotopic (exact) mass is 238 g/mol. The van der Waals surface area contributed by atoms with Gasteiger partial charge in [-0.3, -0.25) is 0 Å². The first-order valence-corrected chi connectivity index (χ1v) is 5.06. The highest BCUT2D eigenvalue weighted by atomic mass is 79.9. The van der Waals surface area contributed by atoms with Crippen LogP contribution in [0.1, 0.15) is 12.5 Å². The van der Waals surface area contributed by atoms with E-state index in [9.17, 15) is 0 Å². The maximum absolute atomic E-state index is 5.86. The second-order valence-corrected chi connectivity index (χ2v) is 4.00. The number of anilines is 1. The molecule has 0 saturated heterocycles. The van der Waals surface area contributed by atoms with Crippen LogP contribution < -0.4 is 5.73 Å². The van der Waals surface area contributed by atoms with Crippen LogP contribution in [0.25, 0.3) is 10.9 Å². The number of hydrogen-bond acceptors (Lipinski definition) is 1. The van der Waals surface area contributed by atoms with Crippen molar-refractivity contribution >= 4 is 32.5 Å². The fraction of sp³-hybridized carbons (Fsp3) is 0.200. The predicted octanol–water partition coefficient (Wildman–Crippen LogP) is 3.08. The molecule has 2 nitrogen and oxygen atoms in total. The molecule has 13 heavy (non-hydrogen) atoms. The van der Waals surface area contributed by atoms with Crippen molar-refractivity contribution < 1.29 is 0 Å². The van der Waals surface area contributed by atoms with Crippen LogP contribution in [0.15, 0.2) is 22.8 Å². The molecule has 68 valence electrons. The Morgan fingerprint density at radius 1 is 1.46 bits per heavy atom. The van der Waals surface area contributed by atoms with Crippen molar-refractivity contribution in [3.8, 4) is 0 Å². The number of aromatic amines is 1. The summed E-state index contributed by atoms with van der Waals surface area (Å²) < 4.78 is 1.03. The molecule has 0 unspecified atom stereocenters. The standard InChI is InChI=1S/C10H11BrN2/c1-2-6-5-13-10-8(6)3-7(11)4-9(10)12/h3-5,13H,2,12H2,1H3. The normalized spacial score (nSPS) is 10.9. The van der Waals surface area contributed by atoms with E-state index >= 15 is 0 Å². The van der Waals surface area contributed by atoms with Gasteiger partial charge in [-0.1, -0.05) is 22.9 Å². The van der Waals surface area contributed by atoms with Crippen LogP contribution in [-0.4, -0.2) is 4.98 Å². The third-order valence-electron chi connectivity index (χ3n) is 2.25. The molecule has 1 aromatic heterocycles. The SMILES string of the molecule is CCc1c[nH]c2c(N)cc(Br)cc12. The summed E-state index contributed by atoms with van der Waals surface area (Å²) >= 11 is 3.44. The number of aromatic nitrogens is 1. The van der Waals surface area contributed by atoms with E-state index < -0.39 is 0 Å². The summed E-state index contributed by atoms with van der Waals surface area (Å²) in [5.74, 6) is 0. The van der Waals surface area contributed by atoms with Crippen LogP contribution in [0.5, 0.6) is 0 Å². The number of nitrogen functional groups attached to an aromatic ring is 1. The lowest BCUT2D eigenvalue weighted by Crippen LogP contribution is -1.86. The zero-order chi connectivity index (χ0) is 9.42. The molecule has 2 aromatic rings. The highest BCUT2D eigenvalue weighted by molar-refractivity contribution is 9.10. The molecule has 3 heteroatoms. The number of nitrogens with two attached hydrogens (primary N) is 1. The molecule has 0 bridgehead atoms. The van der Waals surface area contributed by atoms with Crippen molar-refractivity contribution in [2.45, 2.75) is 13.3 Å². The van der Waals surface area contributed by atoms with Gasteiger partial charge < -0.3 is 10.7 Å². The van der Waals surface area contributed by atoms with Crippen LogP contribution >= 0.6 is 15.9 Å². The summed E-state index contributed by atoms with van der Waals surface area (Å²) in [4.78, 5) is 3.19. The number of nitrogens with one attached hydrogen (secondary N) is 1. The first-order valence-electron chi connectivity index (χ1n) is 4.27. The van der Waals surface area contributed by atoms with Gasteiger partial charge in [0.05, 0.1) is 11.2 Å². The Hall–Kier alpha value is -0.960. The van der Waals surface area contributed by atoms with E-state index in [1.165, 1.54) is 10.9 Å². The summed E-state index contributed by atoms with van der Waals surface area (Å²) in [6.07, 6.45) is 3.04. The van der Waals surface area contributed by atoms with Gasteiger partial charge in [-0.15, -0.1) is 0 Å². The quantitative estimate of drug-likeness (QED) is 0.737. The van der Waals surface area contributed by atoms with Crippen molar-refractivity contribution in [2.75, 3.05) is 5.73 Å². The maximum atomic E-state index is 5.86. The Bertz CT molecular complexity index is 445. The van der Waals surface area contributed by atoms with Crippen molar-refractivity contribution in [3.63, 3.8) is 0 Å². The van der Waals surface area contributed by atoms with Crippen molar-refractivity contribution in [1.82, 2.24) is 4.98 Å². The van der Waals surface area contributed by atoms with Gasteiger partial charge in [-0.2, -0.15) is 0 Å². The highest BCUT2D eigenvalue weighted by Gasteiger charge is 2.05. The molecular formula is C10H11BrN2. The van der Waals surface area contributed by atoms with Gasteiger partial charge in [0.25, 0.3) is 0 Å². The fourth-order valence-corrected chi connectivity index (χ4v) is 2.05. The van der Waals surface area contributed by atoms with Crippen LogP contribution in [0, 0.1) is 0 Å². The van der Waals surface area contributed by atoms with E-state index in [-0.39, 0.29) is 0 Å². The van der Waals surface area contributed by atoms with Gasteiger partial charge in [-0.25, -0.2) is 0 Å². The summed E-state index contributed by atoms with van der Waals surface area (Å²) in [5.41, 5.74) is 9.01. The van der Waals surface area contributed by atoms with Crippen LogP contribution in [-0.2, 0) is 6.42 Å². The van der Waals surface area contributed by atoms with Gasteiger partial charge in [0.1, 0.15) is 0 Å². The molecule has 0 aliphatic carbocycles. The summed E-state index contributed by atoms with van der Waals surface area (Å²) in [5, 5.41) is 1.22. The lowest BCUT2D eigenvalue weighted by atomic mass is 10.1. The molecule has 1 aromatic carbocycles. The number of halogens is 1. The minimum atomic E-state index is 0.795. The third kappa shape index (κ3) is 1.33. The van der Waals surface area contributed by atoms with Gasteiger partial charge in [0, 0.05) is 16.1 Å². The Kier molecular flexibility index (Phi) is 2.04. The molecule has 0 fully saturated rings. The van der Waals surface area contributed by atoms with Gasteiger partial charge in [0.2, 0.25) is 0 Å². The Morgan fingerprint density at radius 3 is 2.92 bits per heavy atom. The Labute approximate surface area is 85.3 Å². The van der Waals surface area contributed by atoms with E-state index in [2.05, 4.69) is 33.9 Å². The van der Waals surface area contributed by atoms with Gasteiger partial charge in [-0.05, 0) is 24.1 Å². The zero-order valence-electron chi connectivity index (χ0n) is 7.39. The Balaban J connectivity index is 2.82. The summed E-state index contributed by atoms with van der Waals surface area (Å²) in [6.45, 7) is 2.14. The topological polar surface area (TPSA) is 41.8 Å². The average molecular weight is 239 g/mol. The van der Waals surface area contributed by atoms with E-state index in [1.807, 2.05) is 12.3 Å². The van der Waals surface area contributed by atoms with Crippen molar-refractivity contribution in [1.29, 1.82) is 0 Å². The first-order chi connectivity index (χ1) is 6.22. The van der Waals surface area contributed by atoms with E-state index in [0.29, 0.717) is 0 Å². The lowest BCUT2D eigenvalue weighted by molar-refractivity contribution is 1.15. The number of fused-ring (bicyclic) bond motifs is 1. The minimum Gasteiger partial charge on any atom is -0.397 e. The number of hydrogen-bond donors (Lipinski definition) is 2.